The molecule has 0 aromatic heterocycles. The Morgan fingerprint density at radius 3 is 2.75 bits per heavy atom. The molecule has 0 nitrogen and oxygen atoms in total. The molecule has 2 rings (SSSR count). The van der Waals surface area contributed by atoms with E-state index in [9.17, 15) is 0 Å². The molecule has 0 aliphatic heterocycles. The molecule has 2 aliphatic rings. The monoisotopic (exact) mass is 212 g/mol. The summed E-state index contributed by atoms with van der Waals surface area (Å²) < 4.78 is 0. The highest BCUT2D eigenvalue weighted by molar-refractivity contribution is 5.56. The number of rotatable bonds is 0. The van der Waals surface area contributed by atoms with Gasteiger partial charge in [-0.05, 0) is 29.6 Å². The van der Waals surface area contributed by atoms with Crippen molar-refractivity contribution >= 4 is 0 Å². The number of fused-ring (bicyclic) bond motifs is 1. The summed E-state index contributed by atoms with van der Waals surface area (Å²) in [5.74, 6) is 0.529. The zero-order valence-corrected chi connectivity index (χ0v) is 10.6. The lowest BCUT2D eigenvalue weighted by atomic mass is 9.89. The van der Waals surface area contributed by atoms with Gasteiger partial charge >= 0.3 is 0 Å². The number of hydrogen-bond donors (Lipinski definition) is 0. The lowest BCUT2D eigenvalue weighted by Crippen LogP contribution is -2.03. The fourth-order valence-corrected chi connectivity index (χ4v) is 2.31. The topological polar surface area (TPSA) is 0 Å². The van der Waals surface area contributed by atoms with Gasteiger partial charge in [-0.25, -0.2) is 0 Å². The van der Waals surface area contributed by atoms with Crippen molar-refractivity contribution in [1.29, 1.82) is 0 Å². The fraction of sp³-hybridized carbons (Fsp3) is 0.375. The Hall–Kier alpha value is -1.30. The van der Waals surface area contributed by atoms with Gasteiger partial charge in [0.2, 0.25) is 0 Å². The van der Waals surface area contributed by atoms with E-state index in [0.717, 1.165) is 0 Å². The molecule has 0 spiro atoms. The third-order valence-corrected chi connectivity index (χ3v) is 3.14. The number of allylic oxidation sites excluding steroid dienone is 10. The Balaban J connectivity index is 2.55. The minimum absolute atomic E-state index is 0.145. The molecule has 84 valence electrons. The Kier molecular flexibility index (Phi) is 2.75. The van der Waals surface area contributed by atoms with Crippen LogP contribution >= 0.6 is 0 Å². The molecule has 0 saturated heterocycles. The third kappa shape index (κ3) is 2.27. The molecule has 1 unspecified atom stereocenters. The Bertz CT molecular complexity index is 437. The van der Waals surface area contributed by atoms with Crippen LogP contribution in [0.1, 0.15) is 27.7 Å². The standard InChI is InChI=1S/C16H20/c1-12-7-8-14-11-16(3,4)9-5-6-15(14)13(2)10-12/h5-12H,1-4H3. The molecule has 0 aromatic rings. The maximum Gasteiger partial charge on any atom is 0.00167 e. The lowest BCUT2D eigenvalue weighted by Gasteiger charge is -2.15. The van der Waals surface area contributed by atoms with Crippen LogP contribution in [0.25, 0.3) is 0 Å². The molecule has 16 heavy (non-hydrogen) atoms. The van der Waals surface area contributed by atoms with E-state index in [-0.39, 0.29) is 5.41 Å². The molecule has 1 atom stereocenters. The van der Waals surface area contributed by atoms with Crippen molar-refractivity contribution in [1.82, 2.24) is 0 Å². The first kappa shape index (κ1) is 11.2. The van der Waals surface area contributed by atoms with Gasteiger partial charge in [-0.15, -0.1) is 0 Å². The molecule has 0 heterocycles. The van der Waals surface area contributed by atoms with Crippen LogP contribution in [0.4, 0.5) is 0 Å². The summed E-state index contributed by atoms with van der Waals surface area (Å²) >= 11 is 0. The zero-order valence-electron chi connectivity index (χ0n) is 10.6. The molecule has 0 aromatic carbocycles. The van der Waals surface area contributed by atoms with E-state index in [4.69, 9.17) is 0 Å². The van der Waals surface area contributed by atoms with Gasteiger partial charge in [0, 0.05) is 5.41 Å². The van der Waals surface area contributed by atoms with Gasteiger partial charge in [0.15, 0.2) is 0 Å². The van der Waals surface area contributed by atoms with Crippen LogP contribution < -0.4 is 0 Å². The van der Waals surface area contributed by atoms with Crippen LogP contribution in [0.15, 0.2) is 59.3 Å². The second-order valence-corrected chi connectivity index (χ2v) is 5.43. The number of hydrogen-bond acceptors (Lipinski definition) is 0. The van der Waals surface area contributed by atoms with Crippen LogP contribution in [0.3, 0.4) is 0 Å². The normalized spacial score (nSPS) is 27.2. The summed E-state index contributed by atoms with van der Waals surface area (Å²) in [5.41, 5.74) is 4.24. The van der Waals surface area contributed by atoms with E-state index in [1.54, 1.807) is 0 Å². The minimum Gasteiger partial charge on any atom is -0.0773 e. The van der Waals surface area contributed by atoms with Crippen LogP contribution in [0.2, 0.25) is 0 Å². The first-order valence-electron chi connectivity index (χ1n) is 5.98. The molecule has 0 fully saturated rings. The zero-order chi connectivity index (χ0) is 11.8. The van der Waals surface area contributed by atoms with Crippen LogP contribution in [0, 0.1) is 11.3 Å². The quantitative estimate of drug-likeness (QED) is 0.551. The highest BCUT2D eigenvalue weighted by Crippen LogP contribution is 2.33. The molecule has 0 radical (unpaired) electrons. The van der Waals surface area contributed by atoms with Gasteiger partial charge in [0.1, 0.15) is 0 Å². The van der Waals surface area contributed by atoms with Gasteiger partial charge in [-0.2, -0.15) is 0 Å². The van der Waals surface area contributed by atoms with Crippen LogP contribution in [0.5, 0.6) is 0 Å². The van der Waals surface area contributed by atoms with Gasteiger partial charge in [0.25, 0.3) is 0 Å². The maximum absolute atomic E-state index is 2.36. The van der Waals surface area contributed by atoms with Crippen molar-refractivity contribution in [3.8, 4) is 0 Å². The largest absolute Gasteiger partial charge is 0.0773 e. The fourth-order valence-electron chi connectivity index (χ4n) is 2.31. The molecule has 2 aliphatic carbocycles. The van der Waals surface area contributed by atoms with Gasteiger partial charge in [-0.3, -0.25) is 0 Å². The van der Waals surface area contributed by atoms with Crippen molar-refractivity contribution < 1.29 is 0 Å². The van der Waals surface area contributed by atoms with Crippen LogP contribution in [-0.4, -0.2) is 0 Å². The highest BCUT2D eigenvalue weighted by Gasteiger charge is 2.17. The second kappa shape index (κ2) is 3.93. The third-order valence-electron chi connectivity index (χ3n) is 3.14. The van der Waals surface area contributed by atoms with Gasteiger partial charge in [0.05, 0.1) is 0 Å². The van der Waals surface area contributed by atoms with Crippen molar-refractivity contribution in [3.05, 3.63) is 59.3 Å². The van der Waals surface area contributed by atoms with E-state index in [2.05, 4.69) is 70.2 Å². The summed E-state index contributed by atoms with van der Waals surface area (Å²) in [4.78, 5) is 0. The molecule has 0 saturated carbocycles. The van der Waals surface area contributed by atoms with E-state index < -0.39 is 0 Å². The molecule has 0 amide bonds. The van der Waals surface area contributed by atoms with E-state index in [0.29, 0.717) is 5.92 Å². The Labute approximate surface area is 98.8 Å². The smallest absolute Gasteiger partial charge is 0.00167 e. The average Bonchev–Trinajstić information content (AvgIpc) is 2.39. The predicted octanol–water partition coefficient (Wildman–Crippen LogP) is 4.59. The van der Waals surface area contributed by atoms with Gasteiger partial charge < -0.3 is 0 Å². The molecular formula is C16H20. The van der Waals surface area contributed by atoms with Crippen molar-refractivity contribution in [2.24, 2.45) is 11.3 Å². The molecule has 0 bridgehead atoms. The summed E-state index contributed by atoms with van der Waals surface area (Å²) in [6.07, 6.45) is 15.9. The summed E-state index contributed by atoms with van der Waals surface area (Å²) in [6, 6.07) is 0. The molecule has 0 heteroatoms. The predicted molar refractivity (Wildman–Crippen MR) is 71.1 cm³/mol. The Morgan fingerprint density at radius 2 is 2.00 bits per heavy atom. The first-order chi connectivity index (χ1) is 7.48. The summed E-state index contributed by atoms with van der Waals surface area (Å²) in [7, 11) is 0. The minimum atomic E-state index is 0.145. The van der Waals surface area contributed by atoms with Crippen molar-refractivity contribution in [2.45, 2.75) is 27.7 Å². The van der Waals surface area contributed by atoms with Crippen molar-refractivity contribution in [2.75, 3.05) is 0 Å². The lowest BCUT2D eigenvalue weighted by molar-refractivity contribution is 0.624. The molecular weight excluding hydrogens is 192 g/mol. The van der Waals surface area contributed by atoms with E-state index >= 15 is 0 Å². The summed E-state index contributed by atoms with van der Waals surface area (Å²) in [5, 5.41) is 0. The highest BCUT2D eigenvalue weighted by atomic mass is 14.2. The maximum atomic E-state index is 2.36. The SMILES string of the molecule is CC1=CC(C)C=CC2=CC(C)(C)C=CC=C12. The Morgan fingerprint density at radius 1 is 1.25 bits per heavy atom. The summed E-state index contributed by atoms with van der Waals surface area (Å²) in [6.45, 7) is 8.92. The van der Waals surface area contributed by atoms with E-state index in [1.165, 1.54) is 16.7 Å². The van der Waals surface area contributed by atoms with Crippen LogP contribution in [-0.2, 0) is 0 Å². The molecule has 0 N–H and O–H groups in total. The second-order valence-electron chi connectivity index (χ2n) is 5.43. The average molecular weight is 212 g/mol. The van der Waals surface area contributed by atoms with E-state index in [1.807, 2.05) is 0 Å². The first-order valence-corrected chi connectivity index (χ1v) is 5.98. The van der Waals surface area contributed by atoms with Gasteiger partial charge in [-0.1, -0.05) is 63.3 Å². The van der Waals surface area contributed by atoms with Crippen molar-refractivity contribution in [3.63, 3.8) is 0 Å².